The number of imide groups is 2. The second kappa shape index (κ2) is 24.9. The fourth-order valence-electron chi connectivity index (χ4n) is 14.9. The van der Waals surface area contributed by atoms with Gasteiger partial charge in [-0.2, -0.15) is 0 Å². The van der Waals surface area contributed by atoms with E-state index in [2.05, 4.69) is 52.0 Å². The quantitative estimate of drug-likeness (QED) is 0.0515. The molecule has 28 bridgehead atoms. The summed E-state index contributed by atoms with van der Waals surface area (Å²) in [5, 5.41) is 0. The van der Waals surface area contributed by atoms with Crippen LogP contribution in [0.5, 0.6) is 69.5 Å². The molecule has 18 nitrogen and oxygen atoms in total. The van der Waals surface area contributed by atoms with Gasteiger partial charge in [-0.15, -0.1) is 0 Å². The molecule has 2 aromatic heterocycles. The number of nitrogens with zero attached hydrogens (tertiary/aromatic N) is 6. The standard InChI is InChI=1S/C74H76N6O12/c1-5-9-13-17-21-43-47-29-51-45(23-19-15-11-7-3)53-31-49-44(22-18-14-10-6-2)50-32-54-46(24-20-16-12-8-4)52-30-48(43)56-34-60(52)90-68-70-78-66-64(76-68)72(82)80(74(66)84)38-42-27-25-41(26-28-42)37-79-71(81)63-65(73(79)83)77-69(67(75-63)89-59(51)33-55(47)85-39-86-56)91-61(53)35-57(49)87-40-88-58(50)36-62(54)92-70/h25-36,43-46H,5-24,37-40H2,1-4H3. The summed E-state index contributed by atoms with van der Waals surface area (Å²) < 4.78 is 56.2. The lowest BCUT2D eigenvalue weighted by Crippen LogP contribution is -2.30. The van der Waals surface area contributed by atoms with Crippen molar-refractivity contribution in [2.75, 3.05) is 13.6 Å². The number of ether oxygens (including phenoxy) is 8. The van der Waals surface area contributed by atoms with Gasteiger partial charge in [0.2, 0.25) is 13.6 Å². The van der Waals surface area contributed by atoms with Crippen LogP contribution >= 0.6 is 0 Å². The molecule has 17 aliphatic rings. The van der Waals surface area contributed by atoms with Crippen molar-refractivity contribution in [3.8, 4) is 69.5 Å². The third kappa shape index (κ3) is 10.6. The second-order valence-corrected chi connectivity index (χ2v) is 25.8. The zero-order valence-electron chi connectivity index (χ0n) is 52.8. The first-order valence-corrected chi connectivity index (χ1v) is 33.7. The van der Waals surface area contributed by atoms with E-state index in [1.807, 2.05) is 24.3 Å². The van der Waals surface area contributed by atoms with Crippen LogP contribution in [-0.2, 0) is 13.1 Å². The highest BCUT2D eigenvalue weighted by atomic mass is 16.7. The van der Waals surface area contributed by atoms with Crippen LogP contribution in [0.15, 0.2) is 72.8 Å². The molecule has 0 unspecified atom stereocenters. The molecule has 0 saturated heterocycles. The first-order valence-electron chi connectivity index (χ1n) is 33.7. The molecule has 0 N–H and O–H groups in total. The average molecular weight is 1240 g/mol. The predicted molar refractivity (Wildman–Crippen MR) is 340 cm³/mol. The number of carbonyl (C=O) groups excluding carboxylic acids is 4. The van der Waals surface area contributed by atoms with Gasteiger partial charge < -0.3 is 37.9 Å². The first-order chi connectivity index (χ1) is 45.1. The summed E-state index contributed by atoms with van der Waals surface area (Å²) in [4.78, 5) is 81.0. The fraction of sp³-hybridized carbons (Fsp3) is 0.432. The Morgan fingerprint density at radius 3 is 0.804 bits per heavy atom. The predicted octanol–water partition coefficient (Wildman–Crippen LogP) is 17.1. The molecule has 474 valence electrons. The summed E-state index contributed by atoms with van der Waals surface area (Å²) in [6, 6.07) is 23.9. The van der Waals surface area contributed by atoms with Crippen molar-refractivity contribution in [3.63, 3.8) is 0 Å². The summed E-state index contributed by atoms with van der Waals surface area (Å²) in [5.41, 5.74) is 7.74. The van der Waals surface area contributed by atoms with E-state index < -0.39 is 23.6 Å². The highest BCUT2D eigenvalue weighted by Gasteiger charge is 2.45. The summed E-state index contributed by atoms with van der Waals surface area (Å²) in [5.74, 6) is -0.454. The summed E-state index contributed by atoms with van der Waals surface area (Å²) in [6.45, 7) is 8.20. The van der Waals surface area contributed by atoms with Crippen LogP contribution in [0.25, 0.3) is 0 Å². The maximum Gasteiger partial charge on any atom is 0.284 e. The molecule has 92 heavy (non-hydrogen) atoms. The maximum absolute atomic E-state index is 14.8. The number of carbonyl (C=O) groups is 4. The molecule has 17 aliphatic heterocycles. The molecule has 0 saturated carbocycles. The highest BCUT2D eigenvalue weighted by molar-refractivity contribution is 6.20. The third-order valence-electron chi connectivity index (χ3n) is 19.8. The number of rotatable bonds is 20. The fourth-order valence-corrected chi connectivity index (χ4v) is 14.9. The Kier molecular flexibility index (Phi) is 16.0. The number of hydrogen-bond acceptors (Lipinski definition) is 16. The third-order valence-corrected chi connectivity index (χ3v) is 19.8. The molecule has 19 heterocycles. The van der Waals surface area contributed by atoms with E-state index in [-0.39, 0.29) is 96.6 Å². The Morgan fingerprint density at radius 1 is 0.326 bits per heavy atom. The second-order valence-electron chi connectivity index (χ2n) is 25.8. The summed E-state index contributed by atoms with van der Waals surface area (Å²) >= 11 is 0. The van der Waals surface area contributed by atoms with Gasteiger partial charge in [0.05, 0.1) is 13.1 Å². The van der Waals surface area contributed by atoms with Gasteiger partial charge in [0.1, 0.15) is 46.0 Å². The van der Waals surface area contributed by atoms with Gasteiger partial charge in [0, 0.05) is 92.4 Å². The van der Waals surface area contributed by atoms with Crippen molar-refractivity contribution in [2.45, 2.75) is 193 Å². The Hall–Kier alpha value is -9.06. The SMILES string of the molecule is CCCCCCC1c2cc3c4cc2OCOc2cc5c(cc21)C(CCCCCC)c1cc2c6cc1Oc1nc7c(nc1O5)C(=O)N(Cc1ccc(cc1)CN1C(=O)c5nc(c(nc5C1=O)Oc1cc(c(cc1C3CCCCCC)C2CCCCCC)OCO6)O4)C7=O. The monoisotopic (exact) mass is 1240 g/mol. The van der Waals surface area contributed by atoms with E-state index in [4.69, 9.17) is 57.8 Å². The average Bonchev–Trinajstić information content (AvgIpc) is 1.37. The Morgan fingerprint density at radius 2 is 0.565 bits per heavy atom. The number of unbranched alkanes of at least 4 members (excludes halogenated alkanes) is 12. The van der Waals surface area contributed by atoms with Crippen LogP contribution in [0.4, 0.5) is 0 Å². The highest BCUT2D eigenvalue weighted by Crippen LogP contribution is 2.58. The van der Waals surface area contributed by atoms with Crippen LogP contribution in [-0.4, -0.2) is 67.0 Å². The minimum absolute atomic E-state index is 0.106. The number of amides is 4. The lowest BCUT2D eigenvalue weighted by molar-refractivity contribution is 0.0622. The van der Waals surface area contributed by atoms with Crippen LogP contribution in [0.1, 0.15) is 277 Å². The van der Waals surface area contributed by atoms with Gasteiger partial charge in [-0.1, -0.05) is 155 Å². The maximum atomic E-state index is 14.8. The van der Waals surface area contributed by atoms with E-state index in [0.717, 1.165) is 170 Å². The minimum atomic E-state index is -0.660. The lowest BCUT2D eigenvalue weighted by Gasteiger charge is -2.33. The van der Waals surface area contributed by atoms with Crippen molar-refractivity contribution < 1.29 is 57.1 Å². The molecule has 5 aromatic carbocycles. The Labute approximate surface area is 535 Å². The van der Waals surface area contributed by atoms with E-state index in [1.54, 1.807) is 24.3 Å². The molecule has 0 fully saturated rings. The van der Waals surface area contributed by atoms with Gasteiger partial charge in [-0.25, -0.2) is 19.9 Å². The van der Waals surface area contributed by atoms with Crippen LogP contribution in [0.3, 0.4) is 0 Å². The van der Waals surface area contributed by atoms with Gasteiger partial charge in [-0.05, 0) is 61.1 Å². The zero-order chi connectivity index (χ0) is 62.7. The van der Waals surface area contributed by atoms with Crippen molar-refractivity contribution in [3.05, 3.63) is 151 Å². The van der Waals surface area contributed by atoms with Crippen molar-refractivity contribution in [1.82, 2.24) is 29.7 Å². The number of benzene rings is 5. The van der Waals surface area contributed by atoms with E-state index in [1.165, 1.54) is 0 Å². The normalized spacial score (nSPS) is 18.8. The molecule has 24 rings (SSSR count). The van der Waals surface area contributed by atoms with Crippen LogP contribution < -0.4 is 37.9 Å². The number of hydrogen-bond donors (Lipinski definition) is 0. The molecule has 4 amide bonds. The molecule has 0 radical (unpaired) electrons. The van der Waals surface area contributed by atoms with E-state index in [0.29, 0.717) is 70.0 Å². The van der Waals surface area contributed by atoms with Gasteiger partial charge in [0.25, 0.3) is 47.1 Å². The first kappa shape index (κ1) is 59.3. The zero-order valence-corrected chi connectivity index (χ0v) is 52.8. The molecule has 0 aliphatic carbocycles. The molecule has 18 heteroatoms. The minimum Gasteiger partial charge on any atom is -0.457 e. The van der Waals surface area contributed by atoms with Gasteiger partial charge >= 0.3 is 0 Å². The van der Waals surface area contributed by atoms with Crippen molar-refractivity contribution >= 4 is 23.6 Å². The molecule has 0 atom stereocenters. The summed E-state index contributed by atoms with van der Waals surface area (Å²) in [6.07, 6.45) is 18.8. The largest absolute Gasteiger partial charge is 0.457 e. The lowest BCUT2D eigenvalue weighted by atomic mass is 9.76. The molecule has 0 spiro atoms. The van der Waals surface area contributed by atoms with Crippen LogP contribution in [0, 0.1) is 0 Å². The Bertz CT molecular complexity index is 3660. The van der Waals surface area contributed by atoms with Gasteiger partial charge in [0.15, 0.2) is 22.8 Å². The van der Waals surface area contributed by atoms with Crippen LogP contribution in [0.2, 0.25) is 0 Å². The van der Waals surface area contributed by atoms with Gasteiger partial charge in [-0.3, -0.25) is 29.0 Å². The Balaban J connectivity index is 1.08. The molecular weight excluding hydrogens is 1160 g/mol. The topological polar surface area (TPSA) is 200 Å². The smallest absolute Gasteiger partial charge is 0.284 e. The number of aromatic nitrogens is 4. The van der Waals surface area contributed by atoms with Crippen molar-refractivity contribution in [1.29, 1.82) is 0 Å². The summed E-state index contributed by atoms with van der Waals surface area (Å²) in [7, 11) is 0. The van der Waals surface area contributed by atoms with E-state index in [9.17, 15) is 19.2 Å². The van der Waals surface area contributed by atoms with Crippen molar-refractivity contribution in [2.24, 2.45) is 0 Å². The molecule has 7 aromatic rings. The van der Waals surface area contributed by atoms with E-state index >= 15 is 0 Å². The molecular formula is C74H76N6O12.